The minimum atomic E-state index is 0.868. The van der Waals surface area contributed by atoms with Crippen molar-refractivity contribution in [2.75, 3.05) is 0 Å². The molecular weight excluding hydrogens is 773 g/mol. The van der Waals surface area contributed by atoms with E-state index >= 15 is 0 Å². The summed E-state index contributed by atoms with van der Waals surface area (Å²) >= 11 is 0. The number of nitrogens with zero attached hydrogens (tertiary/aromatic N) is 2. The number of para-hydroxylation sites is 2. The molecule has 10 aromatic rings. The molecule has 0 aliphatic rings. The Labute approximate surface area is 393 Å². The van der Waals surface area contributed by atoms with Gasteiger partial charge in [0.15, 0.2) is 0 Å². The molecule has 0 bridgehead atoms. The summed E-state index contributed by atoms with van der Waals surface area (Å²) in [4.78, 5) is 4.92. The fraction of sp³-hybridized carbons (Fsp3) is 0.0377. The van der Waals surface area contributed by atoms with Crippen LogP contribution in [-0.4, -0.2) is 88.0 Å². The number of hydrogen-bond acceptors (Lipinski definition) is 1. The molecule has 0 radical (unpaired) electrons. The molecule has 1 heterocycles. The summed E-state index contributed by atoms with van der Waals surface area (Å²) < 4.78 is 2.29. The summed E-state index contributed by atoms with van der Waals surface area (Å²) in [6.07, 6.45) is 0.868. The molecule has 0 aliphatic carbocycles. The number of hydrogen-bond donors (Lipinski definition) is 0. The van der Waals surface area contributed by atoms with E-state index in [4.69, 9.17) is 4.98 Å². The van der Waals surface area contributed by atoms with E-state index in [1.807, 2.05) is 0 Å². The van der Waals surface area contributed by atoms with Gasteiger partial charge < -0.3 is 0 Å². The molecule has 2 nitrogen and oxygen atoms in total. The summed E-state index contributed by atoms with van der Waals surface area (Å²) in [5, 5.41) is 5.05. The molecule has 0 spiro atoms. The van der Waals surface area contributed by atoms with Gasteiger partial charge in [-0.2, -0.15) is 0 Å². The molecule has 0 atom stereocenters. The SMILES string of the molecule is Bc1c(B)c(B)c(-c2cccc(-c3c4ccccc4c(-c4ccc(-c5ccc(-n6c(CC)nc7ccccc76)cc5)cc4)c4ccc(-c5c(B)c(B)c(B)c(B)c5B)cc34)c2)c(B)c1B. The van der Waals surface area contributed by atoms with Gasteiger partial charge in [0.05, 0.1) is 11.0 Å². The van der Waals surface area contributed by atoms with Crippen LogP contribution >= 0.6 is 0 Å². The Bertz CT molecular complexity index is 3520. The number of aryl methyl sites for hydroxylation is 1. The molecule has 0 aliphatic heterocycles. The molecule has 12 heteroatoms. The van der Waals surface area contributed by atoms with Gasteiger partial charge in [-0.05, 0) is 114 Å². The second-order valence-electron chi connectivity index (χ2n) is 18.5. The zero-order valence-corrected chi connectivity index (χ0v) is 39.9. The van der Waals surface area contributed by atoms with Crippen molar-refractivity contribution < 1.29 is 0 Å². The zero-order chi connectivity index (χ0) is 45.4. The highest BCUT2D eigenvalue weighted by molar-refractivity contribution is 6.70. The van der Waals surface area contributed by atoms with Gasteiger partial charge in [0.2, 0.25) is 0 Å². The third-order valence-corrected chi connectivity index (χ3v) is 15.3. The van der Waals surface area contributed by atoms with Crippen LogP contribution in [-0.2, 0) is 6.42 Å². The number of benzene rings is 9. The van der Waals surface area contributed by atoms with E-state index in [1.54, 1.807) is 0 Å². The lowest BCUT2D eigenvalue weighted by Gasteiger charge is -2.23. The monoisotopic (exact) mass is 822 g/mol. The smallest absolute Gasteiger partial charge is 0.139 e. The van der Waals surface area contributed by atoms with Crippen LogP contribution in [0.25, 0.3) is 93.9 Å². The fourth-order valence-corrected chi connectivity index (χ4v) is 10.9. The van der Waals surface area contributed by atoms with Crippen molar-refractivity contribution in [3.05, 3.63) is 145 Å². The number of fused-ring (bicyclic) bond motifs is 3. The maximum absolute atomic E-state index is 4.92. The summed E-state index contributed by atoms with van der Waals surface area (Å²) in [7, 11) is 22.8. The third kappa shape index (κ3) is 6.91. The molecular formula is C53H48B10N2. The van der Waals surface area contributed by atoms with Gasteiger partial charge in [0.1, 0.15) is 84.3 Å². The average molecular weight is 821 g/mol. The molecule has 300 valence electrons. The number of rotatable bonds is 7. The molecule has 0 amide bonds. The van der Waals surface area contributed by atoms with Crippen molar-refractivity contribution in [1.82, 2.24) is 9.55 Å². The van der Waals surface area contributed by atoms with E-state index in [1.165, 1.54) is 132 Å². The van der Waals surface area contributed by atoms with Gasteiger partial charge in [-0.15, -0.1) is 32.8 Å². The molecule has 1 aromatic heterocycles. The Hall–Kier alpha value is -6.38. The highest BCUT2D eigenvalue weighted by atomic mass is 15.1. The van der Waals surface area contributed by atoms with E-state index in [2.05, 4.69) is 229 Å². The van der Waals surface area contributed by atoms with Crippen LogP contribution in [0.3, 0.4) is 0 Å². The number of aromatic nitrogens is 2. The molecule has 65 heavy (non-hydrogen) atoms. The zero-order valence-electron chi connectivity index (χ0n) is 39.9. The van der Waals surface area contributed by atoms with E-state index in [9.17, 15) is 0 Å². The maximum atomic E-state index is 4.92. The first-order valence-electron chi connectivity index (χ1n) is 23.3. The molecule has 0 unspecified atom stereocenters. The van der Waals surface area contributed by atoms with Gasteiger partial charge in [-0.1, -0.05) is 132 Å². The van der Waals surface area contributed by atoms with Crippen LogP contribution in [0.4, 0.5) is 0 Å². The lowest BCUT2D eigenvalue weighted by Crippen LogP contribution is -2.55. The Morgan fingerprint density at radius 3 is 1.32 bits per heavy atom. The second-order valence-corrected chi connectivity index (χ2v) is 18.5. The van der Waals surface area contributed by atoms with Crippen molar-refractivity contribution in [2.45, 2.75) is 13.3 Å². The third-order valence-electron chi connectivity index (χ3n) is 15.3. The molecule has 9 aromatic carbocycles. The average Bonchev–Trinajstić information content (AvgIpc) is 3.72. The molecule has 0 saturated heterocycles. The van der Waals surface area contributed by atoms with Crippen LogP contribution < -0.4 is 54.6 Å². The highest BCUT2D eigenvalue weighted by Gasteiger charge is 2.21. The van der Waals surface area contributed by atoms with E-state index in [0.717, 1.165) is 29.0 Å². The summed E-state index contributed by atoms with van der Waals surface area (Å²) in [6, 6.07) is 52.3. The molecule has 0 saturated carbocycles. The lowest BCUT2D eigenvalue weighted by molar-refractivity contribution is 0.908. The summed E-state index contributed by atoms with van der Waals surface area (Å²) in [5.41, 5.74) is 29.7. The van der Waals surface area contributed by atoms with Crippen molar-refractivity contribution in [1.29, 1.82) is 0 Å². The van der Waals surface area contributed by atoms with Crippen LogP contribution in [0.1, 0.15) is 12.7 Å². The Morgan fingerprint density at radius 2 is 0.769 bits per heavy atom. The minimum absolute atomic E-state index is 0.868. The van der Waals surface area contributed by atoms with Crippen molar-refractivity contribution >= 4 is 166 Å². The van der Waals surface area contributed by atoms with Gasteiger partial charge in [-0.25, -0.2) is 4.98 Å². The maximum Gasteiger partial charge on any atom is 0.139 e. The normalized spacial score (nSPS) is 11.5. The highest BCUT2D eigenvalue weighted by Crippen LogP contribution is 2.45. The molecule has 0 fully saturated rings. The van der Waals surface area contributed by atoms with E-state index in [-0.39, 0.29) is 0 Å². The van der Waals surface area contributed by atoms with Gasteiger partial charge in [-0.3, -0.25) is 4.57 Å². The lowest BCUT2D eigenvalue weighted by atomic mass is 9.59. The van der Waals surface area contributed by atoms with Crippen LogP contribution in [0.15, 0.2) is 140 Å². The Balaban J connectivity index is 1.16. The Morgan fingerprint density at radius 1 is 0.354 bits per heavy atom. The molecule has 0 N–H and O–H groups in total. The quantitative estimate of drug-likeness (QED) is 0.123. The van der Waals surface area contributed by atoms with E-state index in [0.29, 0.717) is 0 Å². The first kappa shape index (κ1) is 42.6. The van der Waals surface area contributed by atoms with Crippen LogP contribution in [0.5, 0.6) is 0 Å². The standard InChI is InChI=1S/C53H48B10N2/c1-2-39-64-37-12-5-6-13-38(37)65(39)32-21-18-27(19-22-32)26-14-16-28(17-15-26)40-33-10-3-4-11-34(33)41(29-8-7-9-30(24-29)42-44(54)48(58)52(62)49(59)45(42)55)36-25-31(20-23-35(36)40)43-46(56)50(60)53(63)51(61)47(43)57/h3-25H,2,54-63H2,1H3. The van der Waals surface area contributed by atoms with E-state index < -0.39 is 0 Å². The summed E-state index contributed by atoms with van der Waals surface area (Å²) in [5.74, 6) is 1.07. The first-order chi connectivity index (χ1) is 31.4. The van der Waals surface area contributed by atoms with Crippen LogP contribution in [0, 0.1) is 0 Å². The van der Waals surface area contributed by atoms with Crippen molar-refractivity contribution in [3.63, 3.8) is 0 Å². The van der Waals surface area contributed by atoms with Gasteiger partial charge in [0, 0.05) is 12.1 Å². The Kier molecular flexibility index (Phi) is 10.8. The topological polar surface area (TPSA) is 17.8 Å². The van der Waals surface area contributed by atoms with Gasteiger partial charge in [0.25, 0.3) is 0 Å². The van der Waals surface area contributed by atoms with Crippen LogP contribution in [0.2, 0.25) is 0 Å². The number of imidazole rings is 1. The first-order valence-corrected chi connectivity index (χ1v) is 23.3. The minimum Gasteiger partial charge on any atom is -0.296 e. The van der Waals surface area contributed by atoms with Crippen molar-refractivity contribution in [2.24, 2.45) is 0 Å². The predicted molar refractivity (Wildman–Crippen MR) is 314 cm³/mol. The fourth-order valence-electron chi connectivity index (χ4n) is 10.9. The predicted octanol–water partition coefficient (Wildman–Crippen LogP) is -3.19. The largest absolute Gasteiger partial charge is 0.296 e. The van der Waals surface area contributed by atoms with Crippen molar-refractivity contribution in [3.8, 4) is 61.3 Å². The second kappa shape index (κ2) is 16.6. The molecule has 10 rings (SSSR count). The summed E-state index contributed by atoms with van der Waals surface area (Å²) in [6.45, 7) is 2.17. The van der Waals surface area contributed by atoms with Gasteiger partial charge >= 0.3 is 0 Å².